The standard InChI is InChI=1S/C64H65N/c1-9-22-52(23-10-2)61-44-41-54(60-34-21-33-59(63(60)61)53-28-15-14-16-29-53)38-35-50-36-39-55(62(45-50)64(12-4,13-5)47(6)7)31-19-25-48(8)65(58-43-40-51-30-20-32-56(51)46-58)57(24-11-3)42-37-49-26-17-18-27-49/h3,9-10,14-17,19-23,25-26,28-30,33-46,48H,1,6,12-13,18,24,27,31-32H2,2,4-5,7-8H3/b23-10-,25-19-,38-35+,49-37-,52-22+,57-42+. The van der Waals surface area contributed by atoms with Crippen LogP contribution in [-0.4, -0.2) is 6.04 Å². The molecule has 0 saturated heterocycles. The molecule has 65 heavy (non-hydrogen) atoms. The number of rotatable bonds is 18. The molecule has 0 aromatic heterocycles. The van der Waals surface area contributed by atoms with Crippen molar-refractivity contribution in [1.29, 1.82) is 0 Å². The van der Waals surface area contributed by atoms with Gasteiger partial charge in [-0.15, -0.1) is 12.3 Å². The normalized spacial score (nSPS) is 15.2. The summed E-state index contributed by atoms with van der Waals surface area (Å²) in [6.07, 6.45) is 43.5. The third-order valence-corrected chi connectivity index (χ3v) is 13.5. The SMILES string of the molecule is C#CC/C(=C\C=C1\C=CCC1)N(c1ccc2c(c1)CC=C2)C(C)/C=C\Cc1ccc(/C=C/c2ccc(C(/C=C\C)=C/C=C)c3c(-c4ccccc4)cccc23)cc1C(CC)(CC)C(=C)C. The molecular formula is C64H65N. The first-order valence-electron chi connectivity index (χ1n) is 23.5. The van der Waals surface area contributed by atoms with E-state index in [1.165, 1.54) is 77.7 Å². The van der Waals surface area contributed by atoms with Gasteiger partial charge < -0.3 is 4.90 Å². The quantitative estimate of drug-likeness (QED) is 0.0367. The van der Waals surface area contributed by atoms with Crippen LogP contribution in [0.3, 0.4) is 0 Å². The molecule has 1 atom stereocenters. The highest BCUT2D eigenvalue weighted by atomic mass is 15.2. The van der Waals surface area contributed by atoms with Gasteiger partial charge in [-0.05, 0) is 149 Å². The van der Waals surface area contributed by atoms with Gasteiger partial charge in [0.2, 0.25) is 0 Å². The highest BCUT2D eigenvalue weighted by Crippen LogP contribution is 2.42. The summed E-state index contributed by atoms with van der Waals surface area (Å²) in [7, 11) is 0. The second-order valence-electron chi connectivity index (χ2n) is 17.4. The van der Waals surface area contributed by atoms with Gasteiger partial charge in [-0.2, -0.15) is 0 Å². The molecule has 0 spiro atoms. The molecular weight excluding hydrogens is 783 g/mol. The number of fused-ring (bicyclic) bond motifs is 2. The molecule has 1 heteroatoms. The Bertz CT molecular complexity index is 2830. The van der Waals surface area contributed by atoms with Crippen LogP contribution in [0.2, 0.25) is 0 Å². The summed E-state index contributed by atoms with van der Waals surface area (Å²) >= 11 is 0. The third kappa shape index (κ3) is 10.2. The fraction of sp³-hybridized carbons (Fsp3) is 0.219. The lowest BCUT2D eigenvalue weighted by atomic mass is 9.69. The van der Waals surface area contributed by atoms with Crippen molar-refractivity contribution in [3.63, 3.8) is 0 Å². The molecule has 2 aliphatic carbocycles. The van der Waals surface area contributed by atoms with Crippen molar-refractivity contribution >= 4 is 40.3 Å². The van der Waals surface area contributed by atoms with E-state index in [1.807, 2.05) is 6.08 Å². The van der Waals surface area contributed by atoms with Gasteiger partial charge in [0.05, 0.1) is 0 Å². The predicted octanol–water partition coefficient (Wildman–Crippen LogP) is 17.2. The third-order valence-electron chi connectivity index (χ3n) is 13.5. The van der Waals surface area contributed by atoms with Crippen LogP contribution in [0, 0.1) is 12.3 Å². The maximum absolute atomic E-state index is 6.06. The van der Waals surface area contributed by atoms with Crippen molar-refractivity contribution in [2.24, 2.45) is 0 Å². The number of benzene rings is 5. The highest BCUT2D eigenvalue weighted by molar-refractivity contribution is 6.08. The van der Waals surface area contributed by atoms with Crippen molar-refractivity contribution in [1.82, 2.24) is 0 Å². The van der Waals surface area contributed by atoms with Crippen molar-refractivity contribution < 1.29 is 0 Å². The van der Waals surface area contributed by atoms with E-state index in [0.717, 1.165) is 49.8 Å². The van der Waals surface area contributed by atoms with E-state index in [9.17, 15) is 0 Å². The minimum atomic E-state index is -0.145. The second kappa shape index (κ2) is 21.7. The molecule has 5 aromatic carbocycles. The maximum Gasteiger partial charge on any atom is 0.0491 e. The zero-order chi connectivity index (χ0) is 45.8. The van der Waals surface area contributed by atoms with E-state index < -0.39 is 0 Å². The van der Waals surface area contributed by atoms with Gasteiger partial charge in [0.25, 0.3) is 0 Å². The molecule has 0 N–H and O–H groups in total. The van der Waals surface area contributed by atoms with Crippen LogP contribution in [0.1, 0.15) is 106 Å². The molecule has 0 fully saturated rings. The minimum Gasteiger partial charge on any atom is -0.338 e. The van der Waals surface area contributed by atoms with Gasteiger partial charge in [0.1, 0.15) is 0 Å². The molecule has 2 aliphatic rings. The van der Waals surface area contributed by atoms with Crippen LogP contribution in [0.15, 0.2) is 194 Å². The zero-order valence-electron chi connectivity index (χ0n) is 39.3. The van der Waals surface area contributed by atoms with Crippen molar-refractivity contribution in [2.75, 3.05) is 4.90 Å². The van der Waals surface area contributed by atoms with Gasteiger partial charge in [0.15, 0.2) is 0 Å². The second-order valence-corrected chi connectivity index (χ2v) is 17.4. The summed E-state index contributed by atoms with van der Waals surface area (Å²) in [6.45, 7) is 19.8. The predicted molar refractivity (Wildman–Crippen MR) is 287 cm³/mol. The lowest BCUT2D eigenvalue weighted by molar-refractivity contribution is 0.465. The number of hydrogen-bond donors (Lipinski definition) is 0. The number of nitrogens with zero attached hydrogens (tertiary/aromatic N) is 1. The first-order chi connectivity index (χ1) is 31.7. The smallest absolute Gasteiger partial charge is 0.0491 e. The van der Waals surface area contributed by atoms with Crippen molar-refractivity contribution in [3.05, 3.63) is 233 Å². The van der Waals surface area contributed by atoms with Crippen LogP contribution in [-0.2, 0) is 18.3 Å². The zero-order valence-corrected chi connectivity index (χ0v) is 39.3. The average molecular weight is 848 g/mol. The summed E-state index contributed by atoms with van der Waals surface area (Å²) < 4.78 is 0. The Morgan fingerprint density at radius 3 is 2.46 bits per heavy atom. The number of terminal acetylenes is 1. The molecule has 5 aromatic rings. The van der Waals surface area contributed by atoms with Crippen molar-refractivity contribution in [3.8, 4) is 23.5 Å². The van der Waals surface area contributed by atoms with Crippen LogP contribution < -0.4 is 4.90 Å². The Balaban J connectivity index is 1.26. The van der Waals surface area contributed by atoms with E-state index in [1.54, 1.807) is 0 Å². The number of allylic oxidation sites excluding steroid dienone is 14. The first-order valence-corrected chi connectivity index (χ1v) is 23.5. The van der Waals surface area contributed by atoms with Gasteiger partial charge in [-0.3, -0.25) is 0 Å². The number of anilines is 1. The molecule has 7 rings (SSSR count). The van der Waals surface area contributed by atoms with Crippen molar-refractivity contribution in [2.45, 2.75) is 91.0 Å². The average Bonchev–Trinajstić information content (AvgIpc) is 4.04. The molecule has 0 aliphatic heterocycles. The topological polar surface area (TPSA) is 3.24 Å². The molecule has 326 valence electrons. The Morgan fingerprint density at radius 1 is 0.908 bits per heavy atom. The van der Waals surface area contributed by atoms with Gasteiger partial charge >= 0.3 is 0 Å². The molecule has 0 saturated carbocycles. The van der Waals surface area contributed by atoms with Gasteiger partial charge in [0, 0.05) is 29.3 Å². The highest BCUT2D eigenvalue weighted by Gasteiger charge is 2.31. The van der Waals surface area contributed by atoms with E-state index in [-0.39, 0.29) is 11.5 Å². The Morgan fingerprint density at radius 2 is 1.74 bits per heavy atom. The van der Waals surface area contributed by atoms with Crippen LogP contribution in [0.25, 0.3) is 45.7 Å². The monoisotopic (exact) mass is 848 g/mol. The summed E-state index contributed by atoms with van der Waals surface area (Å²) in [5.74, 6) is 2.97. The maximum atomic E-state index is 6.06. The fourth-order valence-electron chi connectivity index (χ4n) is 9.96. The fourth-order valence-corrected chi connectivity index (χ4v) is 9.96. The Hall–Kier alpha value is -6.88. The summed E-state index contributed by atoms with van der Waals surface area (Å²) in [6, 6.07) is 35.9. The van der Waals surface area contributed by atoms with Crippen LogP contribution in [0.4, 0.5) is 5.69 Å². The van der Waals surface area contributed by atoms with Gasteiger partial charge in [-0.1, -0.05) is 196 Å². The lowest BCUT2D eigenvalue weighted by Crippen LogP contribution is -2.31. The van der Waals surface area contributed by atoms with E-state index in [0.29, 0.717) is 6.42 Å². The van der Waals surface area contributed by atoms with E-state index in [4.69, 9.17) is 6.42 Å². The Kier molecular flexibility index (Phi) is 15.4. The molecule has 0 radical (unpaired) electrons. The number of hydrogen-bond acceptors (Lipinski definition) is 1. The molecule has 1 nitrogen and oxygen atoms in total. The molecule has 1 unspecified atom stereocenters. The largest absolute Gasteiger partial charge is 0.338 e. The Labute approximate surface area is 390 Å². The van der Waals surface area contributed by atoms with Gasteiger partial charge in [-0.25, -0.2) is 0 Å². The minimum absolute atomic E-state index is 0.0680. The lowest BCUT2D eigenvalue weighted by Gasteiger charge is -2.35. The van der Waals surface area contributed by atoms with E-state index >= 15 is 0 Å². The molecule has 0 amide bonds. The molecule has 0 bridgehead atoms. The van der Waals surface area contributed by atoms with Crippen LogP contribution >= 0.6 is 0 Å². The molecule has 0 heterocycles. The summed E-state index contributed by atoms with van der Waals surface area (Å²) in [4.78, 5) is 2.44. The summed E-state index contributed by atoms with van der Waals surface area (Å²) in [5, 5.41) is 2.45. The van der Waals surface area contributed by atoms with E-state index in [2.05, 4.69) is 235 Å². The first kappa shape index (κ1) is 46.1. The summed E-state index contributed by atoms with van der Waals surface area (Å²) in [5.41, 5.74) is 17.2. The van der Waals surface area contributed by atoms with Crippen LogP contribution in [0.5, 0.6) is 0 Å².